The van der Waals surface area contributed by atoms with E-state index in [1.165, 1.54) is 0 Å². The normalized spacial score (nSPS) is 24.7. The first kappa shape index (κ1) is 17.9. The number of nitriles is 1. The molecule has 1 atom stereocenters. The third kappa shape index (κ3) is 3.15. The van der Waals surface area contributed by atoms with Crippen LogP contribution in [0.4, 0.5) is 4.79 Å². The van der Waals surface area contributed by atoms with E-state index < -0.39 is 35.5 Å². The Hall–Kier alpha value is -2.88. The maximum atomic E-state index is 12.8. The predicted octanol–water partition coefficient (Wildman–Crippen LogP) is 1.80. The number of nitrogens with one attached hydrogen (secondary N) is 2. The second-order valence-electron chi connectivity index (χ2n) is 7.12. The molecule has 2 N–H and O–H groups in total. The van der Waals surface area contributed by atoms with Crippen molar-refractivity contribution in [2.75, 3.05) is 6.54 Å². The van der Waals surface area contributed by atoms with Crippen molar-refractivity contribution in [3.63, 3.8) is 0 Å². The SMILES string of the molecule is CC1(c2ccccc2)NC(=O)N(CC(=O)NC2(C#N)CCCCC2)C1=O. The predicted molar refractivity (Wildman–Crippen MR) is 93.6 cm³/mol. The Kier molecular flexibility index (Phi) is 4.68. The Labute approximate surface area is 152 Å². The number of carbonyl (C=O) groups excluding carboxylic acids is 3. The van der Waals surface area contributed by atoms with Gasteiger partial charge in [-0.3, -0.25) is 14.5 Å². The molecule has 0 aromatic heterocycles. The highest BCUT2D eigenvalue weighted by Gasteiger charge is 2.49. The number of rotatable bonds is 4. The van der Waals surface area contributed by atoms with Crippen molar-refractivity contribution in [2.24, 2.45) is 0 Å². The fourth-order valence-corrected chi connectivity index (χ4v) is 3.68. The van der Waals surface area contributed by atoms with Crippen molar-refractivity contribution in [2.45, 2.75) is 50.1 Å². The zero-order valence-electron chi connectivity index (χ0n) is 14.7. The lowest BCUT2D eigenvalue weighted by atomic mass is 9.83. The minimum absolute atomic E-state index is 0.392. The van der Waals surface area contributed by atoms with Crippen molar-refractivity contribution in [3.05, 3.63) is 35.9 Å². The van der Waals surface area contributed by atoms with Crippen LogP contribution in [0, 0.1) is 11.3 Å². The average molecular weight is 354 g/mol. The summed E-state index contributed by atoms with van der Waals surface area (Å²) in [5.74, 6) is -0.965. The molecule has 4 amide bonds. The van der Waals surface area contributed by atoms with Crippen LogP contribution in [0.15, 0.2) is 30.3 Å². The first-order valence-corrected chi connectivity index (χ1v) is 8.82. The molecular formula is C19H22N4O3. The molecule has 136 valence electrons. The van der Waals surface area contributed by atoms with E-state index >= 15 is 0 Å². The molecule has 1 aliphatic heterocycles. The van der Waals surface area contributed by atoms with Gasteiger partial charge in [-0.05, 0) is 25.3 Å². The number of hydrogen-bond acceptors (Lipinski definition) is 4. The molecule has 1 saturated carbocycles. The summed E-state index contributed by atoms with van der Waals surface area (Å²) >= 11 is 0. The summed E-state index contributed by atoms with van der Waals surface area (Å²) in [6, 6.07) is 10.5. The van der Waals surface area contributed by atoms with Crippen LogP contribution in [-0.4, -0.2) is 34.8 Å². The molecular weight excluding hydrogens is 332 g/mol. The number of nitrogens with zero attached hydrogens (tertiary/aromatic N) is 2. The number of hydrogen-bond donors (Lipinski definition) is 2. The maximum Gasteiger partial charge on any atom is 0.325 e. The first-order valence-electron chi connectivity index (χ1n) is 8.82. The van der Waals surface area contributed by atoms with Gasteiger partial charge >= 0.3 is 6.03 Å². The Bertz CT molecular complexity index is 765. The number of imide groups is 1. The number of amides is 4. The molecule has 2 aliphatic rings. The van der Waals surface area contributed by atoms with E-state index in [1.807, 2.05) is 6.07 Å². The van der Waals surface area contributed by atoms with Crippen LogP contribution in [0.3, 0.4) is 0 Å². The largest absolute Gasteiger partial charge is 0.336 e. The van der Waals surface area contributed by atoms with Crippen molar-refractivity contribution in [1.29, 1.82) is 5.26 Å². The van der Waals surface area contributed by atoms with Crippen molar-refractivity contribution < 1.29 is 14.4 Å². The van der Waals surface area contributed by atoms with Gasteiger partial charge < -0.3 is 10.6 Å². The highest BCUT2D eigenvalue weighted by Crippen LogP contribution is 2.29. The molecule has 1 unspecified atom stereocenters. The molecule has 0 bridgehead atoms. The second-order valence-corrected chi connectivity index (χ2v) is 7.12. The summed E-state index contributed by atoms with van der Waals surface area (Å²) in [5.41, 5.74) is -1.43. The van der Waals surface area contributed by atoms with E-state index in [-0.39, 0.29) is 0 Å². The van der Waals surface area contributed by atoms with Gasteiger partial charge in [-0.15, -0.1) is 0 Å². The molecule has 26 heavy (non-hydrogen) atoms. The smallest absolute Gasteiger partial charge is 0.325 e. The average Bonchev–Trinajstić information content (AvgIpc) is 2.87. The van der Waals surface area contributed by atoms with Crippen LogP contribution < -0.4 is 10.6 Å². The van der Waals surface area contributed by atoms with Gasteiger partial charge in [0.15, 0.2) is 0 Å². The molecule has 7 nitrogen and oxygen atoms in total. The maximum absolute atomic E-state index is 12.8. The lowest BCUT2D eigenvalue weighted by Gasteiger charge is -2.32. The summed E-state index contributed by atoms with van der Waals surface area (Å²) in [4.78, 5) is 38.5. The van der Waals surface area contributed by atoms with Gasteiger partial charge in [-0.2, -0.15) is 5.26 Å². The van der Waals surface area contributed by atoms with E-state index in [0.29, 0.717) is 18.4 Å². The van der Waals surface area contributed by atoms with E-state index in [4.69, 9.17) is 0 Å². The lowest BCUT2D eigenvalue weighted by Crippen LogP contribution is -2.52. The molecule has 7 heteroatoms. The Morgan fingerprint density at radius 2 is 1.88 bits per heavy atom. The van der Waals surface area contributed by atoms with Gasteiger partial charge in [0.05, 0.1) is 6.07 Å². The van der Waals surface area contributed by atoms with E-state index in [1.54, 1.807) is 31.2 Å². The Morgan fingerprint density at radius 3 is 2.50 bits per heavy atom. The summed E-state index contributed by atoms with van der Waals surface area (Å²) < 4.78 is 0. The number of benzene rings is 1. The van der Waals surface area contributed by atoms with E-state index in [0.717, 1.165) is 24.2 Å². The molecule has 1 aromatic rings. The third-order valence-corrected chi connectivity index (χ3v) is 5.23. The highest BCUT2D eigenvalue weighted by molar-refractivity contribution is 6.09. The lowest BCUT2D eigenvalue weighted by molar-refractivity contribution is -0.135. The van der Waals surface area contributed by atoms with Gasteiger partial charge in [-0.1, -0.05) is 49.6 Å². The minimum atomic E-state index is -1.20. The van der Waals surface area contributed by atoms with E-state index in [9.17, 15) is 19.6 Å². The Balaban J connectivity index is 1.72. The molecule has 2 fully saturated rings. The molecule has 1 aromatic carbocycles. The fourth-order valence-electron chi connectivity index (χ4n) is 3.68. The summed E-state index contributed by atoms with van der Waals surface area (Å²) in [6.45, 7) is 1.23. The van der Waals surface area contributed by atoms with Crippen LogP contribution >= 0.6 is 0 Å². The fraction of sp³-hybridized carbons (Fsp3) is 0.474. The van der Waals surface area contributed by atoms with Gasteiger partial charge in [0, 0.05) is 0 Å². The summed E-state index contributed by atoms with van der Waals surface area (Å²) in [5, 5.41) is 14.9. The van der Waals surface area contributed by atoms with Crippen LogP contribution in [0.5, 0.6) is 0 Å². The monoisotopic (exact) mass is 354 g/mol. The molecule has 0 radical (unpaired) electrons. The highest BCUT2D eigenvalue weighted by atomic mass is 16.2. The van der Waals surface area contributed by atoms with Crippen LogP contribution in [-0.2, 0) is 15.1 Å². The molecule has 1 aliphatic carbocycles. The molecule has 1 saturated heterocycles. The first-order chi connectivity index (χ1) is 12.4. The number of urea groups is 1. The molecule has 3 rings (SSSR count). The van der Waals surface area contributed by atoms with Crippen LogP contribution in [0.1, 0.15) is 44.6 Å². The van der Waals surface area contributed by atoms with Crippen LogP contribution in [0.2, 0.25) is 0 Å². The quantitative estimate of drug-likeness (QED) is 0.805. The van der Waals surface area contributed by atoms with Gasteiger partial charge in [-0.25, -0.2) is 4.79 Å². The Morgan fingerprint density at radius 1 is 1.23 bits per heavy atom. The van der Waals surface area contributed by atoms with Crippen molar-refractivity contribution in [1.82, 2.24) is 15.5 Å². The standard InChI is InChI=1S/C19H22N4O3/c1-18(14-8-4-2-5-9-14)16(25)23(17(26)22-18)12-15(24)21-19(13-20)10-6-3-7-11-19/h2,4-5,8-9H,3,6-7,10-12H2,1H3,(H,21,24)(H,22,26). The zero-order chi connectivity index (χ0) is 18.8. The van der Waals surface area contributed by atoms with Gasteiger partial charge in [0.2, 0.25) is 5.91 Å². The van der Waals surface area contributed by atoms with Crippen molar-refractivity contribution in [3.8, 4) is 6.07 Å². The zero-order valence-corrected chi connectivity index (χ0v) is 14.7. The van der Waals surface area contributed by atoms with E-state index in [2.05, 4.69) is 16.7 Å². The molecule has 0 spiro atoms. The van der Waals surface area contributed by atoms with Gasteiger partial charge in [0.25, 0.3) is 5.91 Å². The van der Waals surface area contributed by atoms with Crippen molar-refractivity contribution >= 4 is 17.8 Å². The van der Waals surface area contributed by atoms with Gasteiger partial charge in [0.1, 0.15) is 17.6 Å². The third-order valence-electron chi connectivity index (χ3n) is 5.23. The minimum Gasteiger partial charge on any atom is -0.336 e. The summed E-state index contributed by atoms with van der Waals surface area (Å²) in [7, 11) is 0. The summed E-state index contributed by atoms with van der Waals surface area (Å²) in [6.07, 6.45) is 3.99. The second kappa shape index (κ2) is 6.79. The number of carbonyl (C=O) groups is 3. The van der Waals surface area contributed by atoms with Crippen LogP contribution in [0.25, 0.3) is 0 Å². The topological polar surface area (TPSA) is 102 Å². The molecule has 1 heterocycles.